The number of urea groups is 1. The van der Waals surface area contributed by atoms with Crippen molar-refractivity contribution in [1.29, 1.82) is 0 Å². The molecule has 2 N–H and O–H groups in total. The molecule has 0 aromatic heterocycles. The second kappa shape index (κ2) is 11.3. The van der Waals surface area contributed by atoms with Crippen LogP contribution in [-0.2, 0) is 14.3 Å². The molecule has 1 aromatic carbocycles. The van der Waals surface area contributed by atoms with Crippen LogP contribution in [0.1, 0.15) is 57.4 Å². The van der Waals surface area contributed by atoms with E-state index in [-0.39, 0.29) is 12.5 Å². The van der Waals surface area contributed by atoms with E-state index in [1.165, 1.54) is 13.3 Å². The van der Waals surface area contributed by atoms with Gasteiger partial charge in [0.05, 0.1) is 6.61 Å². The lowest BCUT2D eigenvalue weighted by molar-refractivity contribution is -0.154. The van der Waals surface area contributed by atoms with E-state index in [0.717, 1.165) is 37.0 Å². The predicted molar refractivity (Wildman–Crippen MR) is 105 cm³/mol. The molecule has 0 aliphatic heterocycles. The normalized spacial score (nSPS) is 15.4. The van der Waals surface area contributed by atoms with Crippen LogP contribution >= 0.6 is 0 Å². The Bertz CT molecular complexity index is 671. The molecule has 2 rings (SSSR count). The van der Waals surface area contributed by atoms with Gasteiger partial charge in [0.15, 0.2) is 6.10 Å². The zero-order chi connectivity index (χ0) is 20.4. The molecule has 1 fully saturated rings. The van der Waals surface area contributed by atoms with Crippen molar-refractivity contribution < 1.29 is 23.9 Å². The lowest BCUT2D eigenvalue weighted by Gasteiger charge is -2.23. The number of carbonyl (C=O) groups is 3. The summed E-state index contributed by atoms with van der Waals surface area (Å²) < 4.78 is 10.7. The van der Waals surface area contributed by atoms with Gasteiger partial charge in [0, 0.05) is 12.5 Å². The number of benzene rings is 1. The van der Waals surface area contributed by atoms with Crippen LogP contribution in [0.25, 0.3) is 0 Å². The van der Waals surface area contributed by atoms with Crippen LogP contribution in [0, 0.1) is 6.92 Å². The van der Waals surface area contributed by atoms with Crippen molar-refractivity contribution in [2.24, 2.45) is 0 Å². The van der Waals surface area contributed by atoms with Gasteiger partial charge in [-0.25, -0.2) is 4.79 Å². The summed E-state index contributed by atoms with van der Waals surface area (Å²) in [5, 5.41) is 5.03. The molecule has 28 heavy (non-hydrogen) atoms. The van der Waals surface area contributed by atoms with Crippen molar-refractivity contribution >= 4 is 17.9 Å². The molecular weight excluding hydrogens is 360 g/mol. The fourth-order valence-electron chi connectivity index (χ4n) is 3.10. The average molecular weight is 390 g/mol. The molecule has 0 heterocycles. The molecule has 0 radical (unpaired) electrons. The molecule has 0 saturated heterocycles. The zero-order valence-electron chi connectivity index (χ0n) is 16.7. The number of aryl methyl sites for hydroxylation is 1. The van der Waals surface area contributed by atoms with E-state index in [1.54, 1.807) is 0 Å². The predicted octanol–water partition coefficient (Wildman–Crippen LogP) is 3.24. The number of hydrogen-bond acceptors (Lipinski definition) is 5. The SMILES string of the molecule is Cc1cccc(OCCCC(=O)O[C@@H](C)C(=O)NC(=O)NC2CCCCC2)c1. The summed E-state index contributed by atoms with van der Waals surface area (Å²) in [6.07, 6.45) is 4.79. The number of amides is 3. The van der Waals surface area contributed by atoms with Crippen LogP contribution in [0.3, 0.4) is 0 Å². The molecule has 7 heteroatoms. The van der Waals surface area contributed by atoms with E-state index in [9.17, 15) is 14.4 Å². The molecule has 0 bridgehead atoms. The number of nitrogens with one attached hydrogen (secondary N) is 2. The van der Waals surface area contributed by atoms with E-state index < -0.39 is 24.0 Å². The molecule has 0 unspecified atom stereocenters. The average Bonchev–Trinajstić information content (AvgIpc) is 2.66. The Morgan fingerprint density at radius 2 is 1.93 bits per heavy atom. The molecule has 3 amide bonds. The molecule has 1 aromatic rings. The molecule has 1 atom stereocenters. The number of hydrogen-bond donors (Lipinski definition) is 2. The number of rotatable bonds is 8. The van der Waals surface area contributed by atoms with Gasteiger partial charge in [-0.2, -0.15) is 0 Å². The monoisotopic (exact) mass is 390 g/mol. The molecule has 7 nitrogen and oxygen atoms in total. The Kier molecular flexibility index (Phi) is 8.78. The Hall–Kier alpha value is -2.57. The van der Waals surface area contributed by atoms with Crippen LogP contribution in [0.5, 0.6) is 5.75 Å². The highest BCUT2D eigenvalue weighted by atomic mass is 16.5. The Morgan fingerprint density at radius 1 is 1.18 bits per heavy atom. The maximum Gasteiger partial charge on any atom is 0.321 e. The highest BCUT2D eigenvalue weighted by molar-refractivity contribution is 5.97. The lowest BCUT2D eigenvalue weighted by Crippen LogP contribution is -2.48. The summed E-state index contributed by atoms with van der Waals surface area (Å²) in [6, 6.07) is 7.23. The minimum Gasteiger partial charge on any atom is -0.494 e. The van der Waals surface area contributed by atoms with Crippen LogP contribution in [0.2, 0.25) is 0 Å². The molecule has 1 aliphatic rings. The van der Waals surface area contributed by atoms with E-state index >= 15 is 0 Å². The van der Waals surface area contributed by atoms with E-state index in [2.05, 4.69) is 10.6 Å². The third-order valence-electron chi connectivity index (χ3n) is 4.64. The van der Waals surface area contributed by atoms with Crippen molar-refractivity contribution in [2.75, 3.05) is 6.61 Å². The minimum atomic E-state index is -1.03. The molecule has 1 saturated carbocycles. The quantitative estimate of drug-likeness (QED) is 0.525. The maximum absolute atomic E-state index is 12.0. The Labute approximate surface area is 166 Å². The summed E-state index contributed by atoms with van der Waals surface area (Å²) in [5.41, 5.74) is 1.10. The number of esters is 1. The highest BCUT2D eigenvalue weighted by Gasteiger charge is 2.22. The van der Waals surface area contributed by atoms with Crippen molar-refractivity contribution in [2.45, 2.75) is 70.9 Å². The highest BCUT2D eigenvalue weighted by Crippen LogP contribution is 2.17. The van der Waals surface area contributed by atoms with Crippen molar-refractivity contribution in [1.82, 2.24) is 10.6 Å². The standard InChI is InChI=1S/C21H30N2O5/c1-15-8-6-11-18(14-15)27-13-7-12-19(24)28-16(2)20(25)23-21(26)22-17-9-4-3-5-10-17/h6,8,11,14,16-17H,3-5,7,9-10,12-13H2,1-2H3,(H2,22,23,25,26)/t16-/m0/s1. The van der Waals surface area contributed by atoms with Gasteiger partial charge in [0.1, 0.15) is 5.75 Å². The van der Waals surface area contributed by atoms with Crippen LogP contribution in [0.4, 0.5) is 4.79 Å². The van der Waals surface area contributed by atoms with Crippen molar-refractivity contribution in [3.8, 4) is 5.75 Å². The Balaban J connectivity index is 1.61. The largest absolute Gasteiger partial charge is 0.494 e. The van der Waals surface area contributed by atoms with Gasteiger partial charge >= 0.3 is 12.0 Å². The number of carbonyl (C=O) groups excluding carboxylic acids is 3. The number of ether oxygens (including phenoxy) is 2. The number of imide groups is 1. The van der Waals surface area contributed by atoms with E-state index in [1.807, 2.05) is 31.2 Å². The van der Waals surface area contributed by atoms with Gasteiger partial charge in [-0.1, -0.05) is 31.4 Å². The summed E-state index contributed by atoms with van der Waals surface area (Å²) in [6.45, 7) is 3.80. The van der Waals surface area contributed by atoms with Crippen molar-refractivity contribution in [3.63, 3.8) is 0 Å². The summed E-state index contributed by atoms with van der Waals surface area (Å²) in [7, 11) is 0. The first-order chi connectivity index (χ1) is 13.4. The lowest BCUT2D eigenvalue weighted by atomic mass is 9.96. The van der Waals surface area contributed by atoms with E-state index in [0.29, 0.717) is 13.0 Å². The second-order valence-corrected chi connectivity index (χ2v) is 7.20. The van der Waals surface area contributed by atoms with Crippen LogP contribution < -0.4 is 15.4 Å². The fourth-order valence-corrected chi connectivity index (χ4v) is 3.10. The van der Waals surface area contributed by atoms with Gasteiger partial charge in [0.25, 0.3) is 5.91 Å². The second-order valence-electron chi connectivity index (χ2n) is 7.20. The van der Waals surface area contributed by atoms with Gasteiger partial charge in [-0.3, -0.25) is 14.9 Å². The van der Waals surface area contributed by atoms with Gasteiger partial charge in [0.2, 0.25) is 0 Å². The first kappa shape index (κ1) is 21.7. The first-order valence-corrected chi connectivity index (χ1v) is 9.94. The van der Waals surface area contributed by atoms with Gasteiger partial charge < -0.3 is 14.8 Å². The summed E-state index contributed by atoms with van der Waals surface area (Å²) >= 11 is 0. The van der Waals surface area contributed by atoms with Gasteiger partial charge in [-0.15, -0.1) is 0 Å². The van der Waals surface area contributed by atoms with E-state index in [4.69, 9.17) is 9.47 Å². The maximum atomic E-state index is 12.0. The summed E-state index contributed by atoms with van der Waals surface area (Å²) in [4.78, 5) is 35.8. The smallest absolute Gasteiger partial charge is 0.321 e. The Morgan fingerprint density at radius 3 is 2.64 bits per heavy atom. The van der Waals surface area contributed by atoms with Crippen LogP contribution in [-0.4, -0.2) is 36.7 Å². The molecule has 154 valence electrons. The fraction of sp³-hybridized carbons (Fsp3) is 0.571. The third-order valence-corrected chi connectivity index (χ3v) is 4.64. The van der Waals surface area contributed by atoms with Crippen molar-refractivity contribution in [3.05, 3.63) is 29.8 Å². The molecule has 1 aliphatic carbocycles. The first-order valence-electron chi connectivity index (χ1n) is 9.94. The van der Waals surface area contributed by atoms with Crippen LogP contribution in [0.15, 0.2) is 24.3 Å². The van der Waals surface area contributed by atoms with Gasteiger partial charge in [-0.05, 0) is 50.8 Å². The topological polar surface area (TPSA) is 93.7 Å². The molecule has 0 spiro atoms. The summed E-state index contributed by atoms with van der Waals surface area (Å²) in [5.74, 6) is -0.369. The third kappa shape index (κ3) is 7.98. The zero-order valence-corrected chi connectivity index (χ0v) is 16.7. The molecular formula is C21H30N2O5. The minimum absolute atomic E-state index is 0.104.